The van der Waals surface area contributed by atoms with Gasteiger partial charge in [-0.1, -0.05) is 0 Å². The van der Waals surface area contributed by atoms with Crippen LogP contribution in [0, 0.1) is 5.41 Å². The molecule has 0 bridgehead atoms. The number of thioether (sulfide) groups is 1. The van der Waals surface area contributed by atoms with E-state index in [1.165, 1.54) is 6.42 Å². The maximum absolute atomic E-state index is 12.2. The average Bonchev–Trinajstić information content (AvgIpc) is 2.88. The first-order valence-electron chi connectivity index (χ1n) is 6.18. The Labute approximate surface area is 102 Å². The third-order valence-electron chi connectivity index (χ3n) is 3.97. The molecule has 92 valence electrons. The van der Waals surface area contributed by atoms with Gasteiger partial charge in [0.2, 0.25) is 5.91 Å². The van der Waals surface area contributed by atoms with E-state index < -0.39 is 0 Å². The highest BCUT2D eigenvalue weighted by Crippen LogP contribution is 2.30. The molecule has 1 heterocycles. The first kappa shape index (κ1) is 12.2. The minimum atomic E-state index is -0.169. The van der Waals surface area contributed by atoms with Crippen LogP contribution in [-0.4, -0.2) is 36.5 Å². The molecule has 0 aromatic carbocycles. The summed E-state index contributed by atoms with van der Waals surface area (Å²) in [6.07, 6.45) is 6.69. The molecule has 0 radical (unpaired) electrons. The summed E-state index contributed by atoms with van der Waals surface area (Å²) < 4.78 is 0. The molecule has 4 heteroatoms. The number of carbonyl (C=O) groups excluding carboxylic acids is 1. The predicted octanol–water partition coefficient (Wildman–Crippen LogP) is 1.39. The van der Waals surface area contributed by atoms with E-state index in [1.807, 2.05) is 11.8 Å². The van der Waals surface area contributed by atoms with Crippen LogP contribution in [-0.2, 0) is 4.79 Å². The van der Waals surface area contributed by atoms with Crippen LogP contribution in [0.1, 0.15) is 32.6 Å². The molecular weight excluding hydrogens is 220 g/mol. The van der Waals surface area contributed by atoms with E-state index in [1.54, 1.807) is 0 Å². The van der Waals surface area contributed by atoms with Crippen molar-refractivity contribution in [2.75, 3.05) is 19.3 Å². The van der Waals surface area contributed by atoms with Gasteiger partial charge in [0.05, 0.1) is 5.41 Å². The van der Waals surface area contributed by atoms with Crippen LogP contribution in [0.25, 0.3) is 0 Å². The molecule has 1 saturated heterocycles. The lowest BCUT2D eigenvalue weighted by molar-refractivity contribution is -0.129. The zero-order valence-corrected chi connectivity index (χ0v) is 11.0. The molecule has 1 aliphatic heterocycles. The van der Waals surface area contributed by atoms with Crippen molar-refractivity contribution in [2.45, 2.75) is 43.9 Å². The van der Waals surface area contributed by atoms with Crippen LogP contribution in [0.3, 0.4) is 0 Å². The summed E-state index contributed by atoms with van der Waals surface area (Å²) >= 11 is 1.93. The van der Waals surface area contributed by atoms with Crippen molar-refractivity contribution < 1.29 is 4.79 Å². The van der Waals surface area contributed by atoms with Crippen molar-refractivity contribution in [3.63, 3.8) is 0 Å². The topological polar surface area (TPSA) is 41.1 Å². The monoisotopic (exact) mass is 242 g/mol. The number of nitrogens with one attached hydrogen (secondary N) is 2. The number of hydrogen-bond donors (Lipinski definition) is 2. The Morgan fingerprint density at radius 3 is 2.88 bits per heavy atom. The third kappa shape index (κ3) is 2.54. The first-order valence-corrected chi connectivity index (χ1v) is 7.47. The van der Waals surface area contributed by atoms with E-state index >= 15 is 0 Å². The summed E-state index contributed by atoms with van der Waals surface area (Å²) in [5.41, 5.74) is -0.169. The predicted molar refractivity (Wildman–Crippen MR) is 68.7 cm³/mol. The Kier molecular flexibility index (Phi) is 3.80. The molecule has 2 N–H and O–H groups in total. The van der Waals surface area contributed by atoms with Gasteiger partial charge < -0.3 is 10.6 Å². The quantitative estimate of drug-likeness (QED) is 0.786. The fourth-order valence-electron chi connectivity index (χ4n) is 2.66. The maximum atomic E-state index is 12.2. The molecule has 2 aliphatic rings. The summed E-state index contributed by atoms with van der Waals surface area (Å²) in [4.78, 5) is 12.2. The highest BCUT2D eigenvalue weighted by Gasteiger charge is 2.38. The third-order valence-corrected chi connectivity index (χ3v) is 5.06. The Morgan fingerprint density at radius 1 is 1.50 bits per heavy atom. The summed E-state index contributed by atoms with van der Waals surface area (Å²) in [7, 11) is 0. The Hall–Kier alpha value is -0.220. The van der Waals surface area contributed by atoms with Crippen LogP contribution < -0.4 is 10.6 Å². The van der Waals surface area contributed by atoms with Crippen LogP contribution in [0.2, 0.25) is 0 Å². The average molecular weight is 242 g/mol. The zero-order valence-electron chi connectivity index (χ0n) is 10.2. The van der Waals surface area contributed by atoms with Gasteiger partial charge in [-0.15, -0.1) is 0 Å². The molecule has 0 aromatic heterocycles. The van der Waals surface area contributed by atoms with Gasteiger partial charge >= 0.3 is 0 Å². The largest absolute Gasteiger partial charge is 0.353 e. The molecule has 1 aliphatic carbocycles. The molecule has 16 heavy (non-hydrogen) atoms. The normalized spacial score (nSPS) is 38.9. The standard InChI is InChI=1S/C12H22N2OS/c1-12(5-6-13-8-12)11(15)14-9-3-4-10(7-9)16-2/h9-10,13H,3-8H2,1-2H3,(H,14,15). The summed E-state index contributed by atoms with van der Waals surface area (Å²) in [6, 6.07) is 0.419. The van der Waals surface area contributed by atoms with Crippen molar-refractivity contribution >= 4 is 17.7 Å². The molecule has 2 fully saturated rings. The molecule has 0 aromatic rings. The second kappa shape index (κ2) is 4.96. The summed E-state index contributed by atoms with van der Waals surface area (Å²) in [5.74, 6) is 0.254. The van der Waals surface area contributed by atoms with Crippen LogP contribution in [0.5, 0.6) is 0 Å². The van der Waals surface area contributed by atoms with Gasteiger partial charge in [-0.05, 0) is 45.4 Å². The minimum Gasteiger partial charge on any atom is -0.353 e. The molecular formula is C12H22N2OS. The van der Waals surface area contributed by atoms with Crippen molar-refractivity contribution in [1.29, 1.82) is 0 Å². The van der Waals surface area contributed by atoms with E-state index in [9.17, 15) is 4.79 Å². The lowest BCUT2D eigenvalue weighted by Crippen LogP contribution is -2.44. The van der Waals surface area contributed by atoms with Gasteiger partial charge in [0.25, 0.3) is 0 Å². The van der Waals surface area contributed by atoms with Gasteiger partial charge in [-0.25, -0.2) is 0 Å². The van der Waals surface area contributed by atoms with Crippen LogP contribution >= 0.6 is 11.8 Å². The second-order valence-electron chi connectivity index (χ2n) is 5.33. The number of amides is 1. The van der Waals surface area contributed by atoms with Crippen molar-refractivity contribution in [3.05, 3.63) is 0 Å². The molecule has 1 saturated carbocycles. The highest BCUT2D eigenvalue weighted by atomic mass is 32.2. The number of rotatable bonds is 3. The van der Waals surface area contributed by atoms with E-state index in [4.69, 9.17) is 0 Å². The molecule has 2 rings (SSSR count). The SMILES string of the molecule is CSC1CCC(NC(=O)C2(C)CCNC2)C1. The Balaban J connectivity index is 1.83. The lowest BCUT2D eigenvalue weighted by atomic mass is 9.88. The number of carbonyl (C=O) groups is 1. The lowest BCUT2D eigenvalue weighted by Gasteiger charge is -2.24. The minimum absolute atomic E-state index is 0.169. The van der Waals surface area contributed by atoms with E-state index in [-0.39, 0.29) is 11.3 Å². The fourth-order valence-corrected chi connectivity index (χ4v) is 3.45. The summed E-state index contributed by atoms with van der Waals surface area (Å²) in [5, 5.41) is 7.26. The Bertz CT molecular complexity index is 264. The van der Waals surface area contributed by atoms with Crippen molar-refractivity contribution in [3.8, 4) is 0 Å². The van der Waals surface area contributed by atoms with Crippen molar-refractivity contribution in [2.24, 2.45) is 5.41 Å². The van der Waals surface area contributed by atoms with Gasteiger partial charge in [0, 0.05) is 17.8 Å². The van der Waals surface area contributed by atoms with Gasteiger partial charge in [0.1, 0.15) is 0 Å². The molecule has 3 atom stereocenters. The molecule has 3 nitrogen and oxygen atoms in total. The maximum Gasteiger partial charge on any atom is 0.227 e. The zero-order chi connectivity index (χ0) is 11.6. The highest BCUT2D eigenvalue weighted by molar-refractivity contribution is 7.99. The first-order chi connectivity index (χ1) is 7.64. The van der Waals surface area contributed by atoms with Crippen LogP contribution in [0.4, 0.5) is 0 Å². The second-order valence-corrected chi connectivity index (χ2v) is 6.47. The van der Waals surface area contributed by atoms with Gasteiger partial charge in [0.15, 0.2) is 0 Å². The smallest absolute Gasteiger partial charge is 0.227 e. The van der Waals surface area contributed by atoms with E-state index in [0.717, 1.165) is 37.6 Å². The fraction of sp³-hybridized carbons (Fsp3) is 0.917. The molecule has 3 unspecified atom stereocenters. The Morgan fingerprint density at radius 2 is 2.31 bits per heavy atom. The van der Waals surface area contributed by atoms with Crippen molar-refractivity contribution in [1.82, 2.24) is 10.6 Å². The van der Waals surface area contributed by atoms with E-state index in [0.29, 0.717) is 6.04 Å². The van der Waals surface area contributed by atoms with Gasteiger partial charge in [-0.3, -0.25) is 4.79 Å². The molecule has 1 amide bonds. The van der Waals surface area contributed by atoms with Gasteiger partial charge in [-0.2, -0.15) is 11.8 Å². The van der Waals surface area contributed by atoms with E-state index in [2.05, 4.69) is 23.8 Å². The number of hydrogen-bond acceptors (Lipinski definition) is 3. The molecule has 0 spiro atoms. The summed E-state index contributed by atoms with van der Waals surface area (Å²) in [6.45, 7) is 3.88. The van der Waals surface area contributed by atoms with Crippen LogP contribution in [0.15, 0.2) is 0 Å².